The van der Waals surface area contributed by atoms with Crippen LogP contribution in [0.25, 0.3) is 16.7 Å². The minimum Gasteiger partial charge on any atom is -0.334 e. The van der Waals surface area contributed by atoms with Crippen LogP contribution in [0.5, 0.6) is 0 Å². The first kappa shape index (κ1) is 43.5. The largest absolute Gasteiger partial charge is 0.334 e. The molecule has 0 bridgehead atoms. The highest BCUT2D eigenvalue weighted by molar-refractivity contribution is 5.84. The van der Waals surface area contributed by atoms with E-state index in [-0.39, 0.29) is 6.04 Å². The van der Waals surface area contributed by atoms with E-state index in [9.17, 15) is 0 Å². The van der Waals surface area contributed by atoms with E-state index in [1.807, 2.05) is 0 Å². The predicted octanol–water partition coefficient (Wildman–Crippen LogP) is 18.3. The van der Waals surface area contributed by atoms with Crippen LogP contribution in [0.4, 0.5) is 62.6 Å². The van der Waals surface area contributed by atoms with Gasteiger partial charge >= 0.3 is 0 Å². The Bertz CT molecular complexity index is 3210. The molecule has 1 aliphatic carbocycles. The highest BCUT2D eigenvalue weighted by Gasteiger charge is 2.23. The molecule has 0 amide bonds. The van der Waals surface area contributed by atoms with Crippen molar-refractivity contribution in [3.63, 3.8) is 0 Å². The van der Waals surface area contributed by atoms with Crippen LogP contribution in [0.3, 0.4) is 0 Å². The van der Waals surface area contributed by atoms with Gasteiger partial charge in [0.2, 0.25) is 0 Å². The Labute approximate surface area is 412 Å². The van der Waals surface area contributed by atoms with Crippen molar-refractivity contribution in [2.24, 2.45) is 0 Å². The zero-order valence-corrected chi connectivity index (χ0v) is 38.9. The van der Waals surface area contributed by atoms with Crippen molar-refractivity contribution in [1.29, 1.82) is 0 Å². The molecule has 1 aliphatic rings. The minimum absolute atomic E-state index is 0.104. The lowest BCUT2D eigenvalue weighted by atomic mass is 9.95. The van der Waals surface area contributed by atoms with Crippen LogP contribution in [0.15, 0.2) is 297 Å². The van der Waals surface area contributed by atoms with Gasteiger partial charge in [0.1, 0.15) is 0 Å². The lowest BCUT2D eigenvalue weighted by molar-refractivity contribution is 0.787. The highest BCUT2D eigenvalue weighted by atomic mass is 15.2. The molecule has 0 heterocycles. The summed E-state index contributed by atoms with van der Waals surface area (Å²) in [7, 11) is 0. The van der Waals surface area contributed by atoms with Gasteiger partial charge in [-0.15, -0.1) is 0 Å². The van der Waals surface area contributed by atoms with Crippen LogP contribution < -0.4 is 19.6 Å². The first-order chi connectivity index (χ1) is 34.7. The molecule has 0 spiro atoms. The Morgan fingerprint density at radius 1 is 0.243 bits per heavy atom. The molecule has 11 rings (SSSR count). The third-order valence-corrected chi connectivity index (χ3v) is 12.9. The van der Waals surface area contributed by atoms with E-state index in [1.165, 1.54) is 22.3 Å². The van der Waals surface area contributed by atoms with Crippen molar-refractivity contribution in [2.45, 2.75) is 12.5 Å². The van der Waals surface area contributed by atoms with Crippen LogP contribution in [-0.2, 0) is 0 Å². The molecule has 4 nitrogen and oxygen atoms in total. The first-order valence-electron chi connectivity index (χ1n) is 24.0. The first-order valence-corrected chi connectivity index (χ1v) is 24.0. The molecule has 0 saturated carbocycles. The smallest absolute Gasteiger partial charge is 0.0560 e. The molecule has 1 atom stereocenters. The number of allylic oxidation sites excluding steroid dienone is 2. The summed E-state index contributed by atoms with van der Waals surface area (Å²) < 4.78 is 0. The normalized spacial score (nSPS) is 13.0. The highest BCUT2D eigenvalue weighted by Crippen LogP contribution is 2.41. The molecule has 0 aromatic heterocycles. The molecule has 10 aromatic carbocycles. The van der Waals surface area contributed by atoms with Gasteiger partial charge in [0.05, 0.1) is 6.04 Å². The van der Waals surface area contributed by atoms with E-state index in [0.29, 0.717) is 0 Å². The maximum atomic E-state index is 2.47. The van der Waals surface area contributed by atoms with Gasteiger partial charge in [-0.25, -0.2) is 0 Å². The van der Waals surface area contributed by atoms with Gasteiger partial charge in [-0.05, 0) is 162 Å². The third kappa shape index (κ3) is 9.40. The van der Waals surface area contributed by atoms with E-state index >= 15 is 0 Å². The van der Waals surface area contributed by atoms with Gasteiger partial charge in [-0.3, -0.25) is 0 Å². The Hall–Kier alpha value is -9.12. The van der Waals surface area contributed by atoms with E-state index < -0.39 is 0 Å². The van der Waals surface area contributed by atoms with Crippen molar-refractivity contribution in [3.8, 4) is 11.1 Å². The van der Waals surface area contributed by atoms with E-state index in [1.54, 1.807) is 0 Å². The van der Waals surface area contributed by atoms with E-state index in [2.05, 4.69) is 317 Å². The number of benzene rings is 10. The molecule has 0 radical (unpaired) electrons. The Morgan fingerprint density at radius 3 is 0.829 bits per heavy atom. The van der Waals surface area contributed by atoms with Gasteiger partial charge in [0.15, 0.2) is 0 Å². The fourth-order valence-corrected chi connectivity index (χ4v) is 9.53. The van der Waals surface area contributed by atoms with Crippen LogP contribution >= 0.6 is 0 Å². The van der Waals surface area contributed by atoms with Crippen LogP contribution in [0.1, 0.15) is 12.0 Å². The summed E-state index contributed by atoms with van der Waals surface area (Å²) >= 11 is 0. The average molecular weight is 901 g/mol. The lowest BCUT2D eigenvalue weighted by Gasteiger charge is -2.34. The molecule has 0 saturated heterocycles. The fourth-order valence-electron chi connectivity index (χ4n) is 9.53. The molecule has 0 N–H and O–H groups in total. The zero-order chi connectivity index (χ0) is 46.9. The average Bonchev–Trinajstić information content (AvgIpc) is 3.44. The summed E-state index contributed by atoms with van der Waals surface area (Å²) in [5, 5.41) is 0. The molecule has 0 fully saturated rings. The second-order valence-corrected chi connectivity index (χ2v) is 17.4. The number of hydrogen-bond donors (Lipinski definition) is 0. The summed E-state index contributed by atoms with van der Waals surface area (Å²) in [6, 6.07) is 99.5. The molecular formula is C66H52N4. The monoisotopic (exact) mass is 900 g/mol. The fraction of sp³-hybridized carbons (Fsp3) is 0.0303. The maximum absolute atomic E-state index is 2.47. The van der Waals surface area contributed by atoms with Crippen LogP contribution in [0.2, 0.25) is 0 Å². The summed E-state index contributed by atoms with van der Waals surface area (Å²) in [4.78, 5) is 9.41. The molecule has 10 aromatic rings. The van der Waals surface area contributed by atoms with Gasteiger partial charge in [-0.2, -0.15) is 0 Å². The quantitative estimate of drug-likeness (QED) is 0.108. The number of hydrogen-bond acceptors (Lipinski definition) is 4. The van der Waals surface area contributed by atoms with Crippen molar-refractivity contribution in [2.75, 3.05) is 19.6 Å². The summed E-state index contributed by atoms with van der Waals surface area (Å²) in [5.74, 6) is 0. The Morgan fingerprint density at radius 2 is 0.500 bits per heavy atom. The molecule has 4 heteroatoms. The maximum Gasteiger partial charge on any atom is 0.0560 e. The van der Waals surface area contributed by atoms with Crippen molar-refractivity contribution in [1.82, 2.24) is 0 Å². The Kier molecular flexibility index (Phi) is 12.7. The molecule has 0 aliphatic heterocycles. The predicted molar refractivity (Wildman–Crippen MR) is 296 cm³/mol. The van der Waals surface area contributed by atoms with E-state index in [4.69, 9.17) is 0 Å². The lowest BCUT2D eigenvalue weighted by Crippen LogP contribution is -2.30. The van der Waals surface area contributed by atoms with E-state index in [0.717, 1.165) is 69.0 Å². The molecule has 70 heavy (non-hydrogen) atoms. The molecular weight excluding hydrogens is 849 g/mol. The van der Waals surface area contributed by atoms with Crippen LogP contribution in [-0.4, -0.2) is 6.04 Å². The summed E-state index contributed by atoms with van der Waals surface area (Å²) in [6.07, 6.45) is 7.91. The van der Waals surface area contributed by atoms with Gasteiger partial charge in [0.25, 0.3) is 0 Å². The van der Waals surface area contributed by atoms with Gasteiger partial charge in [-0.1, -0.05) is 164 Å². The van der Waals surface area contributed by atoms with Crippen molar-refractivity contribution >= 4 is 68.1 Å². The van der Waals surface area contributed by atoms with Crippen LogP contribution in [0, 0.1) is 0 Å². The van der Waals surface area contributed by atoms with Gasteiger partial charge in [0, 0.05) is 62.6 Å². The minimum atomic E-state index is 0.104. The second-order valence-electron chi connectivity index (χ2n) is 17.4. The van der Waals surface area contributed by atoms with Gasteiger partial charge < -0.3 is 19.6 Å². The zero-order valence-electron chi connectivity index (χ0n) is 38.9. The van der Waals surface area contributed by atoms with Crippen molar-refractivity contribution < 1.29 is 0 Å². The number of anilines is 11. The number of para-hydroxylation sites is 5. The summed E-state index contributed by atoms with van der Waals surface area (Å²) in [6.45, 7) is 0. The molecule has 1 unspecified atom stereocenters. The SMILES string of the molecule is C1=CC(N(c2ccc(-c3ccccc3)cc2)c2ccc(N(c3ccccc3)c3ccccc3)cc2)CC=C1c1ccc(N(c2ccccc2)c2ccc(N(c3ccccc3)c3ccccc3)cc2)cc1. The van der Waals surface area contributed by atoms with Crippen molar-refractivity contribution in [3.05, 3.63) is 303 Å². The third-order valence-electron chi connectivity index (χ3n) is 12.9. The number of rotatable bonds is 14. The molecule has 336 valence electrons. The number of nitrogens with zero attached hydrogens (tertiary/aromatic N) is 4. The summed E-state index contributed by atoms with van der Waals surface area (Å²) in [5.41, 5.74) is 17.0. The standard InChI is InChI=1S/C66H52N4/c1-7-19-51(20-8-1)52-31-37-61(38-32-52)70(66-49-45-64(46-50-66)68(57-25-13-4-14-26-57)58-27-15-5-16-28-58)62-41-35-54(36-42-62)53-33-39-60(40-34-53)69(59-29-17-6-18-30-59)65-47-43-63(44-48-65)67(55-21-9-2-10-22-55)56-23-11-3-12-24-56/h1-41,43-50,62H,42H2. The second kappa shape index (κ2) is 20.4. The Balaban J connectivity index is 0.873. The topological polar surface area (TPSA) is 13.0 Å².